The summed E-state index contributed by atoms with van der Waals surface area (Å²) < 4.78 is 12.8. The van der Waals surface area contributed by atoms with Gasteiger partial charge in [-0.3, -0.25) is 4.99 Å². The molecule has 20 heavy (non-hydrogen) atoms. The molecule has 1 fully saturated rings. The van der Waals surface area contributed by atoms with Gasteiger partial charge in [-0.2, -0.15) is 0 Å². The Bertz CT molecular complexity index is 431. The molecule has 0 aromatic heterocycles. The molecule has 6 heteroatoms. The van der Waals surface area contributed by atoms with E-state index in [9.17, 15) is 4.39 Å². The van der Waals surface area contributed by atoms with Gasteiger partial charge in [0.1, 0.15) is 5.82 Å². The van der Waals surface area contributed by atoms with Crippen LogP contribution in [0.1, 0.15) is 18.4 Å². The molecule has 0 heterocycles. The maximum Gasteiger partial charge on any atom is 0.188 e. The van der Waals surface area contributed by atoms with Crippen molar-refractivity contribution in [2.45, 2.75) is 25.4 Å². The van der Waals surface area contributed by atoms with Crippen LogP contribution in [0.2, 0.25) is 0 Å². The van der Waals surface area contributed by atoms with Crippen LogP contribution in [-0.2, 0) is 6.54 Å². The van der Waals surface area contributed by atoms with E-state index in [1.54, 1.807) is 12.1 Å². The van der Waals surface area contributed by atoms with Crippen LogP contribution in [0.3, 0.4) is 0 Å². The summed E-state index contributed by atoms with van der Waals surface area (Å²) in [6.07, 6.45) is 2.39. The van der Waals surface area contributed by atoms with Crippen molar-refractivity contribution in [1.29, 1.82) is 0 Å². The number of likely N-dealkylation sites (N-methyl/N-ethyl adjacent to an activating group) is 1. The van der Waals surface area contributed by atoms with Gasteiger partial charge in [-0.25, -0.2) is 4.39 Å². The lowest BCUT2D eigenvalue weighted by atomic mass is 10.2. The number of nitrogens with zero attached hydrogens (tertiary/aromatic N) is 2. The fourth-order valence-electron chi connectivity index (χ4n) is 1.80. The molecule has 1 aromatic rings. The monoisotopic (exact) mass is 392 g/mol. The molecule has 0 radical (unpaired) electrons. The lowest BCUT2D eigenvalue weighted by Crippen LogP contribution is -2.34. The van der Waals surface area contributed by atoms with Gasteiger partial charge >= 0.3 is 0 Å². The first-order valence-electron chi connectivity index (χ1n) is 6.63. The maximum atomic E-state index is 12.8. The van der Waals surface area contributed by atoms with Crippen LogP contribution in [0.4, 0.5) is 4.39 Å². The number of hydrogen-bond donors (Lipinski definition) is 2. The smallest absolute Gasteiger partial charge is 0.188 e. The zero-order valence-corrected chi connectivity index (χ0v) is 14.0. The fourth-order valence-corrected chi connectivity index (χ4v) is 1.80. The summed E-state index contributed by atoms with van der Waals surface area (Å²) in [6, 6.07) is 7.12. The summed E-state index contributed by atoms with van der Waals surface area (Å²) in [6.45, 7) is 2.28. The van der Waals surface area contributed by atoms with E-state index in [1.165, 1.54) is 25.0 Å². The Labute approximate surface area is 136 Å². The van der Waals surface area contributed by atoms with Gasteiger partial charge in [-0.1, -0.05) is 12.1 Å². The molecule has 0 spiro atoms. The fraction of sp³-hybridized carbons (Fsp3) is 0.500. The Morgan fingerprint density at radius 3 is 2.65 bits per heavy atom. The number of hydrogen-bond acceptors (Lipinski definition) is 2. The second kappa shape index (κ2) is 8.41. The van der Waals surface area contributed by atoms with Crippen molar-refractivity contribution in [3.05, 3.63) is 35.6 Å². The number of halogens is 2. The summed E-state index contributed by atoms with van der Waals surface area (Å²) in [7, 11) is 2.02. The topological polar surface area (TPSA) is 53.6 Å². The molecule has 3 N–H and O–H groups in total. The highest BCUT2D eigenvalue weighted by Crippen LogP contribution is 2.17. The number of aliphatic imine (C=N–C) groups is 1. The molecule has 0 amide bonds. The first-order chi connectivity index (χ1) is 9.13. The minimum absolute atomic E-state index is 0. The van der Waals surface area contributed by atoms with E-state index < -0.39 is 0 Å². The Hall–Kier alpha value is -0.890. The van der Waals surface area contributed by atoms with Gasteiger partial charge in [-0.05, 0) is 37.6 Å². The molecule has 1 aromatic carbocycles. The Balaban J connectivity index is 0.00000200. The molecule has 1 aliphatic carbocycles. The predicted molar refractivity (Wildman–Crippen MR) is 90.8 cm³/mol. The minimum atomic E-state index is -0.199. The van der Waals surface area contributed by atoms with Crippen LogP contribution in [0, 0.1) is 5.82 Å². The van der Waals surface area contributed by atoms with Crippen molar-refractivity contribution in [2.75, 3.05) is 20.1 Å². The van der Waals surface area contributed by atoms with Crippen molar-refractivity contribution < 1.29 is 4.39 Å². The van der Waals surface area contributed by atoms with Crippen LogP contribution in [0.5, 0.6) is 0 Å². The zero-order valence-electron chi connectivity index (χ0n) is 11.7. The third kappa shape index (κ3) is 6.51. The van der Waals surface area contributed by atoms with Gasteiger partial charge in [0.25, 0.3) is 0 Å². The molecule has 4 nitrogen and oxygen atoms in total. The highest BCUT2D eigenvalue weighted by atomic mass is 127. The second-order valence-electron chi connectivity index (χ2n) is 5.05. The van der Waals surface area contributed by atoms with Gasteiger partial charge in [0, 0.05) is 19.1 Å². The zero-order chi connectivity index (χ0) is 13.7. The van der Waals surface area contributed by atoms with Crippen LogP contribution < -0.4 is 11.1 Å². The van der Waals surface area contributed by atoms with E-state index in [2.05, 4.69) is 15.2 Å². The summed E-state index contributed by atoms with van der Waals surface area (Å²) in [5, 5.41) is 3.15. The summed E-state index contributed by atoms with van der Waals surface area (Å²) >= 11 is 0. The molecular formula is C14H22FIN4. The first kappa shape index (κ1) is 17.2. The highest BCUT2D eigenvalue weighted by molar-refractivity contribution is 14.0. The van der Waals surface area contributed by atoms with Gasteiger partial charge in [0.05, 0.1) is 6.54 Å². The minimum Gasteiger partial charge on any atom is -0.370 e. The molecule has 0 atom stereocenters. The summed E-state index contributed by atoms with van der Waals surface area (Å²) in [5.41, 5.74) is 6.84. The largest absolute Gasteiger partial charge is 0.370 e. The Kier molecular flexibility index (Phi) is 7.22. The van der Waals surface area contributed by atoms with E-state index in [4.69, 9.17) is 5.73 Å². The lowest BCUT2D eigenvalue weighted by molar-refractivity contribution is 0.336. The number of nitrogens with two attached hydrogens (primary N) is 1. The standard InChI is InChI=1S/C14H21FN4.HI/c1-19(10-11-2-4-12(15)5-3-11)9-8-17-14(16)18-13-6-7-13;/h2-5,13H,6-10H2,1H3,(H3,16,17,18);1H. The average molecular weight is 392 g/mol. The molecule has 0 aliphatic heterocycles. The third-order valence-electron chi connectivity index (χ3n) is 3.06. The van der Waals surface area contributed by atoms with Crippen molar-refractivity contribution in [1.82, 2.24) is 10.2 Å². The first-order valence-corrected chi connectivity index (χ1v) is 6.63. The molecule has 0 saturated heterocycles. The van der Waals surface area contributed by atoms with Crippen molar-refractivity contribution >= 4 is 29.9 Å². The van der Waals surface area contributed by atoms with E-state index in [0.29, 0.717) is 18.5 Å². The number of nitrogens with one attached hydrogen (secondary N) is 1. The predicted octanol–water partition coefficient (Wildman–Crippen LogP) is 1.94. The number of rotatable bonds is 6. The highest BCUT2D eigenvalue weighted by Gasteiger charge is 2.21. The summed E-state index contributed by atoms with van der Waals surface area (Å²) in [4.78, 5) is 6.42. The van der Waals surface area contributed by atoms with E-state index in [0.717, 1.165) is 18.7 Å². The van der Waals surface area contributed by atoms with Crippen LogP contribution in [0.15, 0.2) is 29.3 Å². The Morgan fingerprint density at radius 1 is 1.40 bits per heavy atom. The van der Waals surface area contributed by atoms with Crippen LogP contribution >= 0.6 is 24.0 Å². The van der Waals surface area contributed by atoms with Gasteiger partial charge < -0.3 is 16.0 Å². The number of guanidine groups is 1. The summed E-state index contributed by atoms with van der Waals surface area (Å²) in [5.74, 6) is 0.340. The Morgan fingerprint density at radius 2 is 2.05 bits per heavy atom. The third-order valence-corrected chi connectivity index (χ3v) is 3.06. The van der Waals surface area contributed by atoms with E-state index in [1.807, 2.05) is 7.05 Å². The van der Waals surface area contributed by atoms with Crippen molar-refractivity contribution in [3.63, 3.8) is 0 Å². The quantitative estimate of drug-likeness (QED) is 0.442. The molecule has 1 saturated carbocycles. The second-order valence-corrected chi connectivity index (χ2v) is 5.05. The van der Waals surface area contributed by atoms with Crippen molar-refractivity contribution in [3.8, 4) is 0 Å². The lowest BCUT2D eigenvalue weighted by Gasteiger charge is -2.15. The number of benzene rings is 1. The average Bonchev–Trinajstić information content (AvgIpc) is 3.16. The molecule has 112 valence electrons. The van der Waals surface area contributed by atoms with Crippen LogP contribution in [-0.4, -0.2) is 37.0 Å². The molecule has 0 unspecified atom stereocenters. The SMILES string of the molecule is CN(CCN=C(N)NC1CC1)Cc1ccc(F)cc1.I. The molecular weight excluding hydrogens is 370 g/mol. The molecule has 1 aliphatic rings. The van der Waals surface area contributed by atoms with Gasteiger partial charge in [0.15, 0.2) is 5.96 Å². The van der Waals surface area contributed by atoms with Gasteiger partial charge in [-0.15, -0.1) is 24.0 Å². The normalized spacial score (nSPS) is 15.1. The van der Waals surface area contributed by atoms with E-state index >= 15 is 0 Å². The van der Waals surface area contributed by atoms with Gasteiger partial charge in [0.2, 0.25) is 0 Å². The van der Waals surface area contributed by atoms with E-state index in [-0.39, 0.29) is 29.8 Å². The van der Waals surface area contributed by atoms with Crippen LogP contribution in [0.25, 0.3) is 0 Å². The molecule has 0 bridgehead atoms. The van der Waals surface area contributed by atoms with Crippen molar-refractivity contribution in [2.24, 2.45) is 10.7 Å². The maximum absolute atomic E-state index is 12.8. The molecule has 2 rings (SSSR count).